The van der Waals surface area contributed by atoms with Crippen molar-refractivity contribution in [2.24, 2.45) is 5.73 Å². The number of halogens is 1. The number of rotatable bonds is 5. The fourth-order valence-electron chi connectivity index (χ4n) is 1.72. The minimum absolute atomic E-state index is 0. The van der Waals surface area contributed by atoms with E-state index < -0.39 is 0 Å². The van der Waals surface area contributed by atoms with Gasteiger partial charge in [-0.15, -0.1) is 12.4 Å². The molecule has 0 spiro atoms. The minimum atomic E-state index is -0.114. The molecular formula is C10H21ClN2O2. The maximum atomic E-state index is 10.8. The number of hydrogen-bond acceptors (Lipinski definition) is 3. The van der Waals surface area contributed by atoms with Crippen LogP contribution in [0.2, 0.25) is 0 Å². The molecule has 0 saturated heterocycles. The fourth-order valence-corrected chi connectivity index (χ4v) is 1.72. The van der Waals surface area contributed by atoms with E-state index in [-0.39, 0.29) is 24.9 Å². The third-order valence-corrected chi connectivity index (χ3v) is 2.52. The molecule has 1 saturated carbocycles. The second-order valence-corrected chi connectivity index (χ2v) is 3.68. The van der Waals surface area contributed by atoms with E-state index in [0.29, 0.717) is 19.3 Å². The average molecular weight is 237 g/mol. The average Bonchev–Trinajstić information content (AvgIpc) is 2.25. The lowest BCUT2D eigenvalue weighted by Gasteiger charge is -2.21. The third kappa shape index (κ3) is 6.71. The number of carbonyl (C=O) groups excluding carboxylic acids is 1. The molecule has 0 aliphatic heterocycles. The second-order valence-electron chi connectivity index (χ2n) is 3.68. The zero-order valence-electron chi connectivity index (χ0n) is 9.04. The molecule has 0 unspecified atom stereocenters. The molecule has 0 heterocycles. The lowest BCUT2D eigenvalue weighted by Crippen LogP contribution is -2.33. The van der Waals surface area contributed by atoms with Crippen LogP contribution in [0, 0.1) is 0 Å². The van der Waals surface area contributed by atoms with Crippen molar-refractivity contribution in [2.75, 3.05) is 19.7 Å². The molecule has 0 atom stereocenters. The molecule has 3 N–H and O–H groups in total. The van der Waals surface area contributed by atoms with Gasteiger partial charge in [-0.2, -0.15) is 0 Å². The first kappa shape index (κ1) is 14.7. The van der Waals surface area contributed by atoms with Crippen molar-refractivity contribution in [3.8, 4) is 0 Å². The van der Waals surface area contributed by atoms with Gasteiger partial charge >= 0.3 is 0 Å². The highest BCUT2D eigenvalue weighted by Gasteiger charge is 2.12. The van der Waals surface area contributed by atoms with Crippen LogP contribution in [0.1, 0.15) is 32.1 Å². The van der Waals surface area contributed by atoms with E-state index in [1.165, 1.54) is 32.1 Å². The topological polar surface area (TPSA) is 64.4 Å². The highest BCUT2D eigenvalue weighted by molar-refractivity contribution is 5.85. The predicted octanol–water partition coefficient (Wildman–Crippen LogP) is 0.832. The molecule has 1 rings (SSSR count). The summed E-state index contributed by atoms with van der Waals surface area (Å²) in [6, 6.07) is 0. The molecule has 90 valence electrons. The van der Waals surface area contributed by atoms with Gasteiger partial charge in [-0.3, -0.25) is 4.79 Å². The molecule has 15 heavy (non-hydrogen) atoms. The smallest absolute Gasteiger partial charge is 0.233 e. The van der Waals surface area contributed by atoms with Crippen LogP contribution in [0.5, 0.6) is 0 Å². The van der Waals surface area contributed by atoms with E-state index in [4.69, 9.17) is 10.5 Å². The number of carbonyl (C=O) groups is 1. The highest BCUT2D eigenvalue weighted by Crippen LogP contribution is 2.19. The number of amides is 1. The van der Waals surface area contributed by atoms with Crippen LogP contribution in [0.25, 0.3) is 0 Å². The normalized spacial score (nSPS) is 16.9. The summed E-state index contributed by atoms with van der Waals surface area (Å²) in [6.07, 6.45) is 6.65. The van der Waals surface area contributed by atoms with Gasteiger partial charge in [0.05, 0.1) is 19.3 Å². The third-order valence-electron chi connectivity index (χ3n) is 2.52. The molecule has 0 aromatic rings. The Morgan fingerprint density at radius 1 is 1.33 bits per heavy atom. The Hall–Kier alpha value is -0.320. The molecular weight excluding hydrogens is 216 g/mol. The van der Waals surface area contributed by atoms with Crippen molar-refractivity contribution in [3.05, 3.63) is 0 Å². The van der Waals surface area contributed by atoms with Gasteiger partial charge in [0.2, 0.25) is 5.91 Å². The summed E-state index contributed by atoms with van der Waals surface area (Å²) < 4.78 is 5.62. The summed E-state index contributed by atoms with van der Waals surface area (Å²) in [5.74, 6) is -0.114. The Morgan fingerprint density at radius 3 is 2.60 bits per heavy atom. The van der Waals surface area contributed by atoms with Crippen molar-refractivity contribution < 1.29 is 9.53 Å². The van der Waals surface area contributed by atoms with E-state index in [9.17, 15) is 4.79 Å². The van der Waals surface area contributed by atoms with E-state index in [1.807, 2.05) is 0 Å². The summed E-state index contributed by atoms with van der Waals surface area (Å²) in [5.41, 5.74) is 5.14. The van der Waals surface area contributed by atoms with Gasteiger partial charge in [-0.05, 0) is 12.8 Å². The maximum absolute atomic E-state index is 10.8. The van der Waals surface area contributed by atoms with Crippen LogP contribution in [0.3, 0.4) is 0 Å². The Kier molecular flexibility index (Phi) is 8.76. The van der Waals surface area contributed by atoms with Gasteiger partial charge in [0.25, 0.3) is 0 Å². The van der Waals surface area contributed by atoms with Gasteiger partial charge in [0.15, 0.2) is 0 Å². The predicted molar refractivity (Wildman–Crippen MR) is 62.1 cm³/mol. The highest BCUT2D eigenvalue weighted by atomic mass is 35.5. The van der Waals surface area contributed by atoms with Gasteiger partial charge in [-0.25, -0.2) is 0 Å². The summed E-state index contributed by atoms with van der Waals surface area (Å²) >= 11 is 0. The number of nitrogens with two attached hydrogens (primary N) is 1. The largest absolute Gasteiger partial charge is 0.376 e. The maximum Gasteiger partial charge on any atom is 0.233 e. The Labute approximate surface area is 97.3 Å². The fraction of sp³-hybridized carbons (Fsp3) is 0.900. The van der Waals surface area contributed by atoms with Crippen LogP contribution >= 0.6 is 12.4 Å². The van der Waals surface area contributed by atoms with Crippen LogP contribution in [0.4, 0.5) is 0 Å². The summed E-state index contributed by atoms with van der Waals surface area (Å²) in [7, 11) is 0. The van der Waals surface area contributed by atoms with Crippen molar-refractivity contribution >= 4 is 18.3 Å². The molecule has 0 bridgehead atoms. The van der Waals surface area contributed by atoms with Crippen molar-refractivity contribution in [1.29, 1.82) is 0 Å². The van der Waals surface area contributed by atoms with Gasteiger partial charge in [-0.1, -0.05) is 19.3 Å². The van der Waals surface area contributed by atoms with Gasteiger partial charge < -0.3 is 15.8 Å². The Bertz CT molecular complexity index is 173. The van der Waals surface area contributed by atoms with Gasteiger partial charge in [0, 0.05) is 6.54 Å². The molecule has 1 aliphatic rings. The number of hydrogen-bond donors (Lipinski definition) is 2. The molecule has 1 amide bonds. The lowest BCUT2D eigenvalue weighted by atomic mass is 9.98. The first-order chi connectivity index (χ1) is 6.83. The van der Waals surface area contributed by atoms with Crippen LogP contribution < -0.4 is 11.1 Å². The molecule has 1 fully saturated rings. The standard InChI is InChI=1S/C10H20N2O2.ClH/c11-8-10(13)12-6-7-14-9-4-2-1-3-5-9;/h9H,1-8,11H2,(H,12,13);1H. The van der Waals surface area contributed by atoms with Crippen molar-refractivity contribution in [2.45, 2.75) is 38.2 Å². The van der Waals surface area contributed by atoms with E-state index in [2.05, 4.69) is 5.32 Å². The lowest BCUT2D eigenvalue weighted by molar-refractivity contribution is -0.120. The SMILES string of the molecule is Cl.NCC(=O)NCCOC1CCCCC1. The van der Waals surface area contributed by atoms with E-state index in [1.54, 1.807) is 0 Å². The Morgan fingerprint density at radius 2 is 2.00 bits per heavy atom. The molecule has 0 radical (unpaired) electrons. The zero-order chi connectivity index (χ0) is 10.2. The van der Waals surface area contributed by atoms with Crippen molar-refractivity contribution in [1.82, 2.24) is 5.32 Å². The quantitative estimate of drug-likeness (QED) is 0.695. The van der Waals surface area contributed by atoms with Crippen LogP contribution in [-0.4, -0.2) is 31.7 Å². The monoisotopic (exact) mass is 236 g/mol. The first-order valence-corrected chi connectivity index (χ1v) is 5.41. The number of ether oxygens (including phenoxy) is 1. The summed E-state index contributed by atoms with van der Waals surface area (Å²) in [6.45, 7) is 1.24. The second kappa shape index (κ2) is 8.95. The van der Waals surface area contributed by atoms with Crippen LogP contribution in [0.15, 0.2) is 0 Å². The minimum Gasteiger partial charge on any atom is -0.376 e. The molecule has 5 heteroatoms. The van der Waals surface area contributed by atoms with Gasteiger partial charge in [0.1, 0.15) is 0 Å². The molecule has 4 nitrogen and oxygen atoms in total. The Balaban J connectivity index is 0.00000196. The molecule has 0 aromatic heterocycles. The summed E-state index contributed by atoms with van der Waals surface area (Å²) in [4.78, 5) is 10.8. The van der Waals surface area contributed by atoms with Crippen molar-refractivity contribution in [3.63, 3.8) is 0 Å². The summed E-state index contributed by atoms with van der Waals surface area (Å²) in [5, 5.41) is 2.68. The first-order valence-electron chi connectivity index (χ1n) is 5.41. The van der Waals surface area contributed by atoms with E-state index in [0.717, 1.165) is 0 Å². The molecule has 1 aliphatic carbocycles. The zero-order valence-corrected chi connectivity index (χ0v) is 9.85. The van der Waals surface area contributed by atoms with E-state index >= 15 is 0 Å². The molecule has 0 aromatic carbocycles. The number of nitrogens with one attached hydrogen (secondary N) is 1. The van der Waals surface area contributed by atoms with Crippen LogP contribution in [-0.2, 0) is 9.53 Å².